The van der Waals surface area contributed by atoms with Crippen LogP contribution in [0.25, 0.3) is 0 Å². The molecule has 1 fully saturated rings. The van der Waals surface area contributed by atoms with Crippen molar-refractivity contribution < 1.29 is 4.79 Å². The molecule has 0 aliphatic carbocycles. The Morgan fingerprint density at radius 3 is 2.73 bits per heavy atom. The molecule has 1 spiro atoms. The van der Waals surface area contributed by atoms with Crippen LogP contribution in [0.4, 0.5) is 0 Å². The van der Waals surface area contributed by atoms with Crippen molar-refractivity contribution in [3.05, 3.63) is 46.5 Å². The summed E-state index contributed by atoms with van der Waals surface area (Å²) in [6.45, 7) is 13.7. The van der Waals surface area contributed by atoms with Gasteiger partial charge in [0.05, 0.1) is 12.1 Å². The highest BCUT2D eigenvalue weighted by Gasteiger charge is 2.46. The zero-order valence-electron chi connectivity index (χ0n) is 18.9. The first-order valence-electron chi connectivity index (χ1n) is 11.0. The lowest BCUT2D eigenvalue weighted by molar-refractivity contribution is 0.0648. The molecule has 1 atom stereocenters. The summed E-state index contributed by atoms with van der Waals surface area (Å²) in [5, 5.41) is 11.5. The van der Waals surface area contributed by atoms with E-state index in [1.54, 1.807) is 0 Å². The number of benzene rings is 1. The van der Waals surface area contributed by atoms with Gasteiger partial charge in [-0.05, 0) is 49.9 Å². The van der Waals surface area contributed by atoms with E-state index in [1.807, 2.05) is 0 Å². The van der Waals surface area contributed by atoms with Crippen molar-refractivity contribution in [2.24, 2.45) is 5.92 Å². The number of carbonyl (C=O) groups excluding carboxylic acids is 1. The van der Waals surface area contributed by atoms with Crippen molar-refractivity contribution in [2.75, 3.05) is 26.7 Å². The van der Waals surface area contributed by atoms with Crippen molar-refractivity contribution in [1.82, 2.24) is 29.9 Å². The Morgan fingerprint density at radius 2 is 2.00 bits per heavy atom. The number of hydrogen-bond acceptors (Lipinski definition) is 5. The van der Waals surface area contributed by atoms with Gasteiger partial charge < -0.3 is 9.88 Å². The number of nitrogens with zero attached hydrogens (tertiary/aromatic N) is 5. The van der Waals surface area contributed by atoms with Crippen LogP contribution in [-0.4, -0.2) is 62.7 Å². The van der Waals surface area contributed by atoms with Gasteiger partial charge in [0.2, 0.25) is 5.82 Å². The summed E-state index contributed by atoms with van der Waals surface area (Å²) < 4.78 is 2.05. The second kappa shape index (κ2) is 8.12. The first-order chi connectivity index (χ1) is 14.3. The summed E-state index contributed by atoms with van der Waals surface area (Å²) in [5.41, 5.74) is 4.07. The Balaban J connectivity index is 1.49. The van der Waals surface area contributed by atoms with E-state index in [2.05, 4.69) is 82.8 Å². The third-order valence-corrected chi connectivity index (χ3v) is 6.73. The van der Waals surface area contributed by atoms with E-state index in [0.29, 0.717) is 18.3 Å². The predicted octanol–water partition coefficient (Wildman–Crippen LogP) is 2.37. The summed E-state index contributed by atoms with van der Waals surface area (Å²) in [6.07, 6.45) is 1.08. The quantitative estimate of drug-likeness (QED) is 0.820. The van der Waals surface area contributed by atoms with Gasteiger partial charge in [0.1, 0.15) is 5.82 Å². The lowest BCUT2D eigenvalue weighted by Crippen LogP contribution is -2.55. The summed E-state index contributed by atoms with van der Waals surface area (Å²) >= 11 is 0. The number of aromatic nitrogens is 3. The molecule has 0 bridgehead atoms. The number of amides is 1. The molecular weight excluding hydrogens is 376 g/mol. The number of likely N-dealkylation sites (tertiary alicyclic amines) is 1. The molecule has 7 nitrogen and oxygen atoms in total. The molecule has 2 aliphatic rings. The van der Waals surface area contributed by atoms with Crippen LogP contribution in [0.3, 0.4) is 0 Å². The number of likely N-dealkylation sites (N-methyl/N-ethyl adjacent to an activating group) is 1. The lowest BCUT2D eigenvalue weighted by atomic mass is 9.94. The number of fused-ring (bicyclic) bond motifs is 1. The minimum absolute atomic E-state index is 0.0161. The average molecular weight is 411 g/mol. The maximum Gasteiger partial charge on any atom is 0.289 e. The fourth-order valence-corrected chi connectivity index (χ4v) is 4.63. The first kappa shape index (κ1) is 21.0. The topological polar surface area (TPSA) is 66.3 Å². The van der Waals surface area contributed by atoms with Crippen molar-refractivity contribution in [1.29, 1.82) is 0 Å². The van der Waals surface area contributed by atoms with Gasteiger partial charge in [-0.2, -0.15) is 0 Å². The molecule has 30 heavy (non-hydrogen) atoms. The molecule has 0 radical (unpaired) electrons. The van der Waals surface area contributed by atoms with Crippen LogP contribution in [0.5, 0.6) is 0 Å². The molecule has 1 amide bonds. The van der Waals surface area contributed by atoms with E-state index in [9.17, 15) is 4.79 Å². The summed E-state index contributed by atoms with van der Waals surface area (Å²) in [5.74, 6) is 1.62. The summed E-state index contributed by atoms with van der Waals surface area (Å²) in [4.78, 5) is 17.6. The number of rotatable bonds is 5. The van der Waals surface area contributed by atoms with Crippen LogP contribution in [0, 0.1) is 19.8 Å². The van der Waals surface area contributed by atoms with E-state index >= 15 is 0 Å². The molecule has 7 heteroatoms. The fraction of sp³-hybridized carbons (Fsp3) is 0.609. The minimum Gasteiger partial charge on any atom is -0.349 e. The fourth-order valence-electron chi connectivity index (χ4n) is 4.63. The molecular formula is C23H34N6O. The van der Waals surface area contributed by atoms with Gasteiger partial charge in [0.25, 0.3) is 5.91 Å². The largest absolute Gasteiger partial charge is 0.349 e. The summed E-state index contributed by atoms with van der Waals surface area (Å²) in [6, 6.07) is 6.77. The van der Waals surface area contributed by atoms with Gasteiger partial charge in [-0.3, -0.25) is 14.6 Å². The highest BCUT2D eigenvalue weighted by molar-refractivity contribution is 5.90. The van der Waals surface area contributed by atoms with Gasteiger partial charge >= 0.3 is 0 Å². The van der Waals surface area contributed by atoms with Gasteiger partial charge in [-0.1, -0.05) is 32.0 Å². The number of carbonyl (C=O) groups is 1. The molecule has 1 N–H and O–H groups in total. The average Bonchev–Trinajstić information content (AvgIpc) is 3.28. The zero-order chi connectivity index (χ0) is 21.5. The second-order valence-electron chi connectivity index (χ2n) is 9.59. The van der Waals surface area contributed by atoms with Gasteiger partial charge in [-0.15, -0.1) is 10.2 Å². The normalized spacial score (nSPS) is 22.1. The highest BCUT2D eigenvalue weighted by atomic mass is 16.2. The molecule has 0 unspecified atom stereocenters. The maximum atomic E-state index is 12.7. The van der Waals surface area contributed by atoms with Crippen LogP contribution in [-0.2, 0) is 19.6 Å². The smallest absolute Gasteiger partial charge is 0.289 e. The molecule has 0 saturated carbocycles. The Morgan fingerprint density at radius 1 is 1.20 bits per heavy atom. The van der Waals surface area contributed by atoms with E-state index in [4.69, 9.17) is 0 Å². The molecule has 1 aromatic carbocycles. The van der Waals surface area contributed by atoms with E-state index < -0.39 is 0 Å². The minimum atomic E-state index is -0.118. The third-order valence-electron chi connectivity index (χ3n) is 6.73. The molecule has 2 aromatic rings. The van der Waals surface area contributed by atoms with E-state index in [1.165, 1.54) is 16.7 Å². The predicted molar refractivity (Wildman–Crippen MR) is 117 cm³/mol. The maximum absolute atomic E-state index is 12.7. The molecule has 3 heterocycles. The number of nitrogens with one attached hydrogen (secondary N) is 1. The SMILES string of the molecule is Cc1ccc(CN2CC[C@]3(C2)Cn2c(nnc2C(=O)NCC(C)C)CN3C)cc1C. The zero-order valence-corrected chi connectivity index (χ0v) is 18.9. The molecule has 4 rings (SSSR count). The lowest BCUT2D eigenvalue weighted by Gasteiger charge is -2.42. The van der Waals surface area contributed by atoms with Crippen LogP contribution >= 0.6 is 0 Å². The first-order valence-corrected chi connectivity index (χ1v) is 11.0. The summed E-state index contributed by atoms with van der Waals surface area (Å²) in [7, 11) is 2.18. The van der Waals surface area contributed by atoms with E-state index in [-0.39, 0.29) is 11.4 Å². The van der Waals surface area contributed by atoms with Gasteiger partial charge in [0.15, 0.2) is 0 Å². The van der Waals surface area contributed by atoms with E-state index in [0.717, 1.165) is 45.0 Å². The van der Waals surface area contributed by atoms with Crippen molar-refractivity contribution in [3.8, 4) is 0 Å². The van der Waals surface area contributed by atoms with Crippen LogP contribution in [0.2, 0.25) is 0 Å². The second-order valence-corrected chi connectivity index (χ2v) is 9.59. The monoisotopic (exact) mass is 410 g/mol. The Labute approximate surface area is 179 Å². The van der Waals surface area contributed by atoms with Gasteiger partial charge in [-0.25, -0.2) is 0 Å². The molecule has 162 valence electrons. The number of hydrogen-bond donors (Lipinski definition) is 1. The Hall–Kier alpha value is -2.25. The van der Waals surface area contributed by atoms with Crippen LogP contribution in [0.1, 0.15) is 53.4 Å². The van der Waals surface area contributed by atoms with Crippen molar-refractivity contribution in [3.63, 3.8) is 0 Å². The molecule has 1 saturated heterocycles. The highest BCUT2D eigenvalue weighted by Crippen LogP contribution is 2.34. The third kappa shape index (κ3) is 4.01. The van der Waals surface area contributed by atoms with Crippen LogP contribution < -0.4 is 5.32 Å². The number of aryl methyl sites for hydroxylation is 2. The Kier molecular flexibility index (Phi) is 5.68. The molecule has 2 aliphatic heterocycles. The standard InChI is InChI=1S/C23H34N6O/c1-16(2)11-24-22(30)21-26-25-20-13-27(5)23(15-29(20)21)8-9-28(14-23)12-19-7-6-17(3)18(4)10-19/h6-7,10,16H,8-9,11-15H2,1-5H3,(H,24,30)/t23-/m0/s1. The van der Waals surface area contributed by atoms with Gasteiger partial charge in [0, 0.05) is 32.7 Å². The van der Waals surface area contributed by atoms with Crippen molar-refractivity contribution in [2.45, 2.75) is 59.3 Å². The Bertz CT molecular complexity index is 936. The molecule has 1 aromatic heterocycles. The van der Waals surface area contributed by atoms with Crippen LogP contribution in [0.15, 0.2) is 18.2 Å². The van der Waals surface area contributed by atoms with Crippen molar-refractivity contribution >= 4 is 5.91 Å².